The van der Waals surface area contributed by atoms with Gasteiger partial charge in [-0.05, 0) is 18.4 Å². The van der Waals surface area contributed by atoms with Crippen molar-refractivity contribution in [3.8, 4) is 0 Å². The van der Waals surface area contributed by atoms with Crippen molar-refractivity contribution in [3.63, 3.8) is 0 Å². The molecule has 2 aromatic heterocycles. The third-order valence-corrected chi connectivity index (χ3v) is 5.59. The summed E-state index contributed by atoms with van der Waals surface area (Å²) in [6.07, 6.45) is 7.19. The summed E-state index contributed by atoms with van der Waals surface area (Å²) in [7, 11) is 0. The van der Waals surface area contributed by atoms with Gasteiger partial charge in [-0.1, -0.05) is 30.3 Å². The molecular formula is C21H22N6O. The Balaban J connectivity index is 1.45. The number of carbonyl (C=O) groups excluding carboxylic acids is 1. The van der Waals surface area contributed by atoms with Crippen LogP contribution in [0.3, 0.4) is 0 Å². The second kappa shape index (κ2) is 7.07. The van der Waals surface area contributed by atoms with Crippen molar-refractivity contribution in [2.45, 2.75) is 25.3 Å². The van der Waals surface area contributed by atoms with Crippen LogP contribution in [0.25, 0.3) is 0 Å². The van der Waals surface area contributed by atoms with E-state index >= 15 is 0 Å². The third-order valence-electron chi connectivity index (χ3n) is 5.59. The number of aromatic nitrogens is 4. The molecule has 1 unspecified atom stereocenters. The lowest BCUT2D eigenvalue weighted by Gasteiger charge is -2.33. The second-order valence-electron chi connectivity index (χ2n) is 7.37. The maximum atomic E-state index is 12.7. The number of likely N-dealkylation sites (tertiary alicyclic amines) is 1. The quantitative estimate of drug-likeness (QED) is 0.762. The average Bonchev–Trinajstić information content (AvgIpc) is 3.45. The third kappa shape index (κ3) is 3.02. The Morgan fingerprint density at radius 2 is 1.93 bits per heavy atom. The van der Waals surface area contributed by atoms with Crippen LogP contribution in [0.5, 0.6) is 0 Å². The molecule has 0 spiro atoms. The number of H-pyrrole nitrogens is 1. The zero-order chi connectivity index (χ0) is 18.9. The number of aromatic amines is 1. The Labute approximate surface area is 163 Å². The fraction of sp³-hybridized carbons (Fsp3) is 0.333. The molecule has 0 aliphatic carbocycles. The highest BCUT2D eigenvalue weighted by molar-refractivity contribution is 5.92. The Kier molecular flexibility index (Phi) is 4.27. The lowest BCUT2D eigenvalue weighted by atomic mass is 9.91. The molecule has 142 valence electrons. The molecule has 1 aromatic carbocycles. The number of rotatable bonds is 3. The maximum absolute atomic E-state index is 12.7. The number of nitrogens with one attached hydrogen (secondary N) is 1. The second-order valence-corrected chi connectivity index (χ2v) is 7.37. The molecule has 4 heterocycles. The number of carbonyl (C=O) groups is 1. The van der Waals surface area contributed by atoms with Crippen LogP contribution < -0.4 is 4.90 Å². The smallest absolute Gasteiger partial charge is 0.274 e. The van der Waals surface area contributed by atoms with E-state index in [2.05, 4.69) is 49.1 Å². The summed E-state index contributed by atoms with van der Waals surface area (Å²) in [6, 6.07) is 10.4. The lowest BCUT2D eigenvalue weighted by Crippen LogP contribution is -2.35. The largest absolute Gasteiger partial charge is 0.348 e. The molecule has 28 heavy (non-hydrogen) atoms. The maximum Gasteiger partial charge on any atom is 0.274 e. The number of hydrogen-bond acceptors (Lipinski definition) is 5. The fourth-order valence-electron chi connectivity index (χ4n) is 4.14. The molecule has 1 fully saturated rings. The van der Waals surface area contributed by atoms with E-state index in [4.69, 9.17) is 0 Å². The van der Waals surface area contributed by atoms with Crippen molar-refractivity contribution < 1.29 is 4.79 Å². The van der Waals surface area contributed by atoms with E-state index < -0.39 is 0 Å². The first kappa shape index (κ1) is 16.9. The highest BCUT2D eigenvalue weighted by Gasteiger charge is 2.30. The summed E-state index contributed by atoms with van der Waals surface area (Å²) in [4.78, 5) is 33.6. The molecule has 1 amide bonds. The van der Waals surface area contributed by atoms with Crippen molar-refractivity contribution in [3.05, 3.63) is 71.7 Å². The van der Waals surface area contributed by atoms with Crippen molar-refractivity contribution in [1.82, 2.24) is 24.8 Å². The normalized spacial score (nSPS) is 18.9. The van der Waals surface area contributed by atoms with Gasteiger partial charge in [0.15, 0.2) is 0 Å². The van der Waals surface area contributed by atoms with Gasteiger partial charge in [0, 0.05) is 25.6 Å². The van der Waals surface area contributed by atoms with E-state index in [1.807, 2.05) is 11.0 Å². The number of hydrogen-bond donors (Lipinski definition) is 1. The minimum atomic E-state index is -0.0225. The van der Waals surface area contributed by atoms with Crippen molar-refractivity contribution >= 4 is 11.7 Å². The molecular weight excluding hydrogens is 352 g/mol. The van der Waals surface area contributed by atoms with Crippen molar-refractivity contribution in [1.29, 1.82) is 0 Å². The van der Waals surface area contributed by atoms with Crippen LogP contribution in [0.15, 0.2) is 49.1 Å². The standard InChI is InChI=1S/C21H22N6O/c28-21(26-8-4-5-9-26)17-10-22-11-19(25-17)27-12-16(15-6-2-1-3-7-15)20-18(13-27)23-14-24-20/h1-3,6-7,10-11,14,16H,4-5,8-9,12-13H2,(H,23,24). The monoisotopic (exact) mass is 374 g/mol. The molecule has 2 aliphatic heterocycles. The molecule has 1 atom stereocenters. The predicted octanol–water partition coefficient (Wildman–Crippen LogP) is 2.59. The summed E-state index contributed by atoms with van der Waals surface area (Å²) in [5.74, 6) is 0.855. The van der Waals surface area contributed by atoms with Crippen LogP contribution in [0, 0.1) is 0 Å². The molecule has 0 saturated carbocycles. The first-order chi connectivity index (χ1) is 13.8. The topological polar surface area (TPSA) is 78.0 Å². The zero-order valence-corrected chi connectivity index (χ0v) is 15.6. The summed E-state index contributed by atoms with van der Waals surface area (Å²) >= 11 is 0. The van der Waals surface area contributed by atoms with Crippen LogP contribution in [0.4, 0.5) is 5.82 Å². The fourth-order valence-corrected chi connectivity index (χ4v) is 4.14. The first-order valence-corrected chi connectivity index (χ1v) is 9.73. The van der Waals surface area contributed by atoms with E-state index in [0.717, 1.165) is 49.7 Å². The van der Waals surface area contributed by atoms with Gasteiger partial charge in [-0.25, -0.2) is 9.97 Å². The van der Waals surface area contributed by atoms with Gasteiger partial charge >= 0.3 is 0 Å². The van der Waals surface area contributed by atoms with Crippen LogP contribution in [-0.2, 0) is 6.54 Å². The van der Waals surface area contributed by atoms with Gasteiger partial charge in [0.25, 0.3) is 5.91 Å². The van der Waals surface area contributed by atoms with E-state index in [1.165, 1.54) is 5.56 Å². The zero-order valence-electron chi connectivity index (χ0n) is 15.6. The van der Waals surface area contributed by atoms with Gasteiger partial charge in [-0.15, -0.1) is 0 Å². The molecule has 0 radical (unpaired) electrons. The molecule has 1 N–H and O–H groups in total. The number of imidazole rings is 1. The van der Waals surface area contributed by atoms with Gasteiger partial charge in [0.05, 0.1) is 36.7 Å². The summed E-state index contributed by atoms with van der Waals surface area (Å²) in [5.41, 5.74) is 3.81. The Bertz CT molecular complexity index is 979. The van der Waals surface area contributed by atoms with Gasteiger partial charge in [-0.3, -0.25) is 9.78 Å². The van der Waals surface area contributed by atoms with E-state index in [-0.39, 0.29) is 11.8 Å². The highest BCUT2D eigenvalue weighted by atomic mass is 16.2. The van der Waals surface area contributed by atoms with Gasteiger partial charge in [-0.2, -0.15) is 0 Å². The number of fused-ring (bicyclic) bond motifs is 1. The van der Waals surface area contributed by atoms with Crippen LogP contribution in [-0.4, -0.2) is 50.4 Å². The predicted molar refractivity (Wildman–Crippen MR) is 105 cm³/mol. The average molecular weight is 374 g/mol. The molecule has 7 heteroatoms. The molecule has 1 saturated heterocycles. The highest BCUT2D eigenvalue weighted by Crippen LogP contribution is 2.33. The summed E-state index contributed by atoms with van der Waals surface area (Å²) < 4.78 is 0. The number of amides is 1. The van der Waals surface area contributed by atoms with Crippen molar-refractivity contribution in [2.24, 2.45) is 0 Å². The summed E-state index contributed by atoms with van der Waals surface area (Å²) in [5, 5.41) is 0. The van der Waals surface area contributed by atoms with Gasteiger partial charge in [0.1, 0.15) is 11.5 Å². The Morgan fingerprint density at radius 1 is 1.11 bits per heavy atom. The number of benzene rings is 1. The van der Waals surface area contributed by atoms with Gasteiger partial charge in [0.2, 0.25) is 0 Å². The van der Waals surface area contributed by atoms with E-state index in [9.17, 15) is 4.79 Å². The molecule has 3 aromatic rings. The Morgan fingerprint density at radius 3 is 2.75 bits per heavy atom. The van der Waals surface area contributed by atoms with Gasteiger partial charge < -0.3 is 14.8 Å². The minimum absolute atomic E-state index is 0.0225. The summed E-state index contributed by atoms with van der Waals surface area (Å²) in [6.45, 7) is 3.04. The van der Waals surface area contributed by atoms with Crippen molar-refractivity contribution in [2.75, 3.05) is 24.5 Å². The number of anilines is 1. The van der Waals surface area contributed by atoms with Crippen LogP contribution in [0.2, 0.25) is 0 Å². The Hall–Kier alpha value is -3.22. The van der Waals surface area contributed by atoms with E-state index in [0.29, 0.717) is 12.2 Å². The van der Waals surface area contributed by atoms with Crippen LogP contribution >= 0.6 is 0 Å². The number of nitrogens with zero attached hydrogens (tertiary/aromatic N) is 5. The first-order valence-electron chi connectivity index (χ1n) is 9.73. The minimum Gasteiger partial charge on any atom is -0.348 e. The lowest BCUT2D eigenvalue weighted by molar-refractivity contribution is 0.0786. The molecule has 2 aliphatic rings. The van der Waals surface area contributed by atoms with Crippen LogP contribution in [0.1, 0.15) is 46.2 Å². The molecule has 0 bridgehead atoms. The molecule has 7 nitrogen and oxygen atoms in total. The molecule has 5 rings (SSSR count). The SMILES string of the molecule is O=C(c1cncc(N2Cc3[nH]cnc3C(c3ccccc3)C2)n1)N1CCCC1. The van der Waals surface area contributed by atoms with E-state index in [1.54, 1.807) is 18.7 Å².